The van der Waals surface area contributed by atoms with Crippen LogP contribution in [0.4, 0.5) is 0 Å². The van der Waals surface area contributed by atoms with Crippen LogP contribution in [0, 0.1) is 12.0 Å². The van der Waals surface area contributed by atoms with Crippen LogP contribution in [0.2, 0.25) is 0 Å². The smallest absolute Gasteiger partial charge is 0.166 e. The number of carbonyl (C=O) groups excluding carboxylic acids is 1. The van der Waals surface area contributed by atoms with Crippen molar-refractivity contribution in [2.75, 3.05) is 0 Å². The zero-order chi connectivity index (χ0) is 11.1. The zero-order valence-corrected chi connectivity index (χ0v) is 9.62. The van der Waals surface area contributed by atoms with Gasteiger partial charge in [0.15, 0.2) is 5.78 Å². The minimum atomic E-state index is 0.134. The highest BCUT2D eigenvalue weighted by Crippen LogP contribution is 2.14. The molecule has 15 heavy (non-hydrogen) atoms. The minimum absolute atomic E-state index is 0.134. The summed E-state index contributed by atoms with van der Waals surface area (Å²) < 4.78 is 0. The van der Waals surface area contributed by atoms with Crippen LogP contribution in [0.3, 0.4) is 0 Å². The molecule has 1 atom stereocenters. The van der Waals surface area contributed by atoms with E-state index in [1.165, 1.54) is 12.8 Å². The third kappa shape index (κ3) is 3.86. The van der Waals surface area contributed by atoms with Crippen LogP contribution in [0.15, 0.2) is 24.3 Å². The molecule has 0 amide bonds. The van der Waals surface area contributed by atoms with Crippen LogP contribution in [-0.4, -0.2) is 5.78 Å². The number of benzene rings is 1. The molecule has 0 heterocycles. The zero-order valence-electron chi connectivity index (χ0n) is 9.62. The Bertz CT molecular complexity index is 289. The molecule has 81 valence electrons. The Labute approximate surface area is 92.5 Å². The van der Waals surface area contributed by atoms with Crippen molar-refractivity contribution >= 4 is 5.78 Å². The molecule has 1 rings (SSSR count). The normalized spacial score (nSPS) is 12.4. The van der Waals surface area contributed by atoms with Gasteiger partial charge in [0, 0.05) is 11.5 Å². The summed E-state index contributed by atoms with van der Waals surface area (Å²) in [6, 6.07) is 10.4. The lowest BCUT2D eigenvalue weighted by Gasteiger charge is -2.09. The van der Waals surface area contributed by atoms with Crippen LogP contribution in [0.1, 0.15) is 49.9 Å². The highest BCUT2D eigenvalue weighted by Gasteiger charge is 2.13. The number of carbonyl (C=O) groups is 1. The molecule has 0 aliphatic heterocycles. The van der Waals surface area contributed by atoms with Crippen molar-refractivity contribution in [2.24, 2.45) is 5.92 Å². The summed E-state index contributed by atoms with van der Waals surface area (Å²) in [4.78, 5) is 11.9. The average Bonchev–Trinajstić information content (AvgIpc) is 2.29. The van der Waals surface area contributed by atoms with Crippen LogP contribution in [0.5, 0.6) is 0 Å². The first-order valence-electron chi connectivity index (χ1n) is 5.76. The monoisotopic (exact) mass is 203 g/mol. The summed E-state index contributed by atoms with van der Waals surface area (Å²) in [5.74, 6) is 0.363. The highest BCUT2D eigenvalue weighted by molar-refractivity contribution is 5.97. The molecule has 0 spiro atoms. The van der Waals surface area contributed by atoms with Gasteiger partial charge in [-0.05, 0) is 12.5 Å². The molecule has 1 unspecified atom stereocenters. The molecule has 1 heteroatoms. The van der Waals surface area contributed by atoms with E-state index in [4.69, 9.17) is 0 Å². The Balaban J connectivity index is 2.46. The SMILES string of the molecule is CCCCCC(C)C(=O)c1[c]cccc1. The van der Waals surface area contributed by atoms with Crippen molar-refractivity contribution in [1.82, 2.24) is 0 Å². The van der Waals surface area contributed by atoms with Gasteiger partial charge in [-0.25, -0.2) is 0 Å². The summed E-state index contributed by atoms with van der Waals surface area (Å²) in [5.41, 5.74) is 0.724. The molecule has 0 saturated carbocycles. The first-order valence-corrected chi connectivity index (χ1v) is 5.76. The van der Waals surface area contributed by atoms with Gasteiger partial charge < -0.3 is 0 Å². The highest BCUT2D eigenvalue weighted by atomic mass is 16.1. The van der Waals surface area contributed by atoms with E-state index in [2.05, 4.69) is 13.0 Å². The summed E-state index contributed by atoms with van der Waals surface area (Å²) in [6.07, 6.45) is 4.57. The van der Waals surface area contributed by atoms with Gasteiger partial charge in [-0.1, -0.05) is 57.4 Å². The summed E-state index contributed by atoms with van der Waals surface area (Å²) in [5, 5.41) is 0. The number of hydrogen-bond donors (Lipinski definition) is 0. The second-order valence-electron chi connectivity index (χ2n) is 4.04. The van der Waals surface area contributed by atoms with E-state index in [-0.39, 0.29) is 11.7 Å². The second-order valence-corrected chi connectivity index (χ2v) is 4.04. The molecule has 1 aromatic rings. The van der Waals surface area contributed by atoms with Gasteiger partial charge in [0.05, 0.1) is 0 Å². The third-order valence-corrected chi connectivity index (χ3v) is 2.66. The topological polar surface area (TPSA) is 17.1 Å². The number of ketones is 1. The van der Waals surface area contributed by atoms with Crippen molar-refractivity contribution < 1.29 is 4.79 Å². The van der Waals surface area contributed by atoms with E-state index < -0.39 is 0 Å². The summed E-state index contributed by atoms with van der Waals surface area (Å²) in [7, 11) is 0. The molecular formula is C14H19O. The Morgan fingerprint density at radius 3 is 2.80 bits per heavy atom. The lowest BCUT2D eigenvalue weighted by molar-refractivity contribution is 0.0922. The Kier molecular flexibility index (Phi) is 5.09. The van der Waals surface area contributed by atoms with Gasteiger partial charge in [0.25, 0.3) is 0 Å². The van der Waals surface area contributed by atoms with Gasteiger partial charge in [0.2, 0.25) is 0 Å². The van der Waals surface area contributed by atoms with E-state index in [0.29, 0.717) is 0 Å². The van der Waals surface area contributed by atoms with Gasteiger partial charge >= 0.3 is 0 Å². The summed E-state index contributed by atoms with van der Waals surface area (Å²) in [6.45, 7) is 4.19. The van der Waals surface area contributed by atoms with E-state index in [9.17, 15) is 4.79 Å². The largest absolute Gasteiger partial charge is 0.294 e. The van der Waals surface area contributed by atoms with Crippen LogP contribution >= 0.6 is 0 Å². The molecular weight excluding hydrogens is 184 g/mol. The standard InChI is InChI=1S/C14H19O/c1-3-4-6-9-12(2)14(15)13-10-7-5-8-11-13/h5,7-8,10,12H,3-4,6,9H2,1-2H3. The maximum absolute atomic E-state index is 11.9. The number of unbranched alkanes of at least 4 members (excludes halogenated alkanes) is 2. The molecule has 0 bridgehead atoms. The Morgan fingerprint density at radius 1 is 1.40 bits per heavy atom. The molecule has 0 fully saturated rings. The first-order chi connectivity index (χ1) is 7.25. The van der Waals surface area contributed by atoms with Crippen LogP contribution in [0.25, 0.3) is 0 Å². The quantitative estimate of drug-likeness (QED) is 0.506. The molecule has 0 aromatic heterocycles. The fraction of sp³-hybridized carbons (Fsp3) is 0.500. The van der Waals surface area contributed by atoms with Crippen LogP contribution < -0.4 is 0 Å². The number of Topliss-reactive ketones (excluding diaryl/α,β-unsaturated/α-hetero) is 1. The predicted octanol–water partition coefficient (Wildman–Crippen LogP) is 3.89. The molecule has 0 saturated heterocycles. The third-order valence-electron chi connectivity index (χ3n) is 2.66. The number of hydrogen-bond acceptors (Lipinski definition) is 1. The summed E-state index contributed by atoms with van der Waals surface area (Å²) >= 11 is 0. The molecule has 1 aromatic carbocycles. The lowest BCUT2D eigenvalue weighted by atomic mass is 9.94. The van der Waals surface area contributed by atoms with E-state index >= 15 is 0 Å². The predicted molar refractivity (Wildman–Crippen MR) is 62.9 cm³/mol. The number of rotatable bonds is 6. The van der Waals surface area contributed by atoms with E-state index in [0.717, 1.165) is 18.4 Å². The molecule has 0 aliphatic rings. The second kappa shape index (κ2) is 6.39. The fourth-order valence-electron chi connectivity index (χ4n) is 1.64. The lowest BCUT2D eigenvalue weighted by Crippen LogP contribution is -2.11. The average molecular weight is 203 g/mol. The molecule has 0 aliphatic carbocycles. The van der Waals surface area contributed by atoms with Crippen molar-refractivity contribution in [1.29, 1.82) is 0 Å². The maximum Gasteiger partial charge on any atom is 0.166 e. The van der Waals surface area contributed by atoms with Gasteiger partial charge in [-0.15, -0.1) is 0 Å². The fourth-order valence-corrected chi connectivity index (χ4v) is 1.64. The van der Waals surface area contributed by atoms with Crippen molar-refractivity contribution in [3.05, 3.63) is 35.9 Å². The van der Waals surface area contributed by atoms with Crippen LogP contribution in [-0.2, 0) is 0 Å². The van der Waals surface area contributed by atoms with Crippen molar-refractivity contribution in [2.45, 2.75) is 39.5 Å². The first kappa shape index (κ1) is 12.0. The molecule has 0 N–H and O–H groups in total. The van der Waals surface area contributed by atoms with Gasteiger partial charge in [0.1, 0.15) is 0 Å². The molecule has 1 radical (unpaired) electrons. The molecule has 1 nitrogen and oxygen atoms in total. The van der Waals surface area contributed by atoms with Gasteiger partial charge in [-0.2, -0.15) is 0 Å². The Hall–Kier alpha value is -1.11. The van der Waals surface area contributed by atoms with E-state index in [1.807, 2.05) is 25.1 Å². The van der Waals surface area contributed by atoms with E-state index in [1.54, 1.807) is 6.07 Å². The Morgan fingerprint density at radius 2 is 2.20 bits per heavy atom. The van der Waals surface area contributed by atoms with Crippen molar-refractivity contribution in [3.8, 4) is 0 Å². The van der Waals surface area contributed by atoms with Gasteiger partial charge in [-0.3, -0.25) is 4.79 Å². The maximum atomic E-state index is 11.9. The van der Waals surface area contributed by atoms with Crippen molar-refractivity contribution in [3.63, 3.8) is 0 Å². The minimum Gasteiger partial charge on any atom is -0.294 e.